The molecule has 2 aliphatic carbocycles. The zero-order chi connectivity index (χ0) is 13.2. The highest BCUT2D eigenvalue weighted by Gasteiger charge is 2.48. The molecular formula is C17H30O2. The molecule has 2 nitrogen and oxygen atoms in total. The summed E-state index contributed by atoms with van der Waals surface area (Å²) in [4.78, 5) is 0. The van der Waals surface area contributed by atoms with Crippen molar-refractivity contribution < 1.29 is 9.47 Å². The minimum atomic E-state index is 0.477. The van der Waals surface area contributed by atoms with Crippen LogP contribution >= 0.6 is 0 Å². The van der Waals surface area contributed by atoms with E-state index in [1.807, 2.05) is 0 Å². The molecule has 0 aromatic heterocycles. The van der Waals surface area contributed by atoms with Gasteiger partial charge < -0.3 is 9.47 Å². The molecular weight excluding hydrogens is 236 g/mol. The Bertz CT molecular complexity index is 291. The monoisotopic (exact) mass is 266 g/mol. The quantitative estimate of drug-likeness (QED) is 0.711. The van der Waals surface area contributed by atoms with Gasteiger partial charge in [0.05, 0.1) is 18.3 Å². The first-order valence-electron chi connectivity index (χ1n) is 8.55. The summed E-state index contributed by atoms with van der Waals surface area (Å²) in [6, 6.07) is 0. The Kier molecular flexibility index (Phi) is 4.48. The molecule has 19 heavy (non-hydrogen) atoms. The normalized spacial score (nSPS) is 45.8. The van der Waals surface area contributed by atoms with Crippen LogP contribution in [0.3, 0.4) is 0 Å². The Hall–Kier alpha value is -0.0800. The van der Waals surface area contributed by atoms with Gasteiger partial charge in [0.1, 0.15) is 0 Å². The second-order valence-corrected chi connectivity index (χ2v) is 7.12. The van der Waals surface area contributed by atoms with Crippen LogP contribution < -0.4 is 0 Å². The van der Waals surface area contributed by atoms with Crippen LogP contribution in [0.5, 0.6) is 0 Å². The zero-order valence-electron chi connectivity index (χ0n) is 12.6. The van der Waals surface area contributed by atoms with Crippen molar-refractivity contribution in [2.24, 2.45) is 17.8 Å². The summed E-state index contributed by atoms with van der Waals surface area (Å²) in [5.74, 6) is 2.60. The van der Waals surface area contributed by atoms with Crippen molar-refractivity contribution in [1.82, 2.24) is 0 Å². The van der Waals surface area contributed by atoms with Gasteiger partial charge in [-0.3, -0.25) is 0 Å². The maximum Gasteiger partial charge on any atom is 0.0635 e. The van der Waals surface area contributed by atoms with E-state index in [1.165, 1.54) is 44.9 Å². The van der Waals surface area contributed by atoms with Crippen LogP contribution in [0, 0.1) is 17.8 Å². The lowest BCUT2D eigenvalue weighted by atomic mass is 9.71. The van der Waals surface area contributed by atoms with Crippen molar-refractivity contribution in [3.05, 3.63) is 0 Å². The fraction of sp³-hybridized carbons (Fsp3) is 1.00. The Morgan fingerprint density at radius 2 is 1.74 bits per heavy atom. The van der Waals surface area contributed by atoms with Crippen molar-refractivity contribution in [2.75, 3.05) is 6.61 Å². The molecule has 1 aliphatic heterocycles. The first-order valence-corrected chi connectivity index (χ1v) is 8.55. The van der Waals surface area contributed by atoms with Crippen LogP contribution in [0.15, 0.2) is 0 Å². The Morgan fingerprint density at radius 1 is 1.00 bits per heavy atom. The van der Waals surface area contributed by atoms with Crippen molar-refractivity contribution in [1.29, 1.82) is 0 Å². The van der Waals surface area contributed by atoms with E-state index in [1.54, 1.807) is 0 Å². The summed E-state index contributed by atoms with van der Waals surface area (Å²) in [5, 5.41) is 0. The molecule has 2 heteroatoms. The van der Waals surface area contributed by atoms with Crippen LogP contribution in [-0.2, 0) is 9.47 Å². The summed E-state index contributed by atoms with van der Waals surface area (Å²) < 4.78 is 12.4. The third-order valence-corrected chi connectivity index (χ3v) is 5.65. The van der Waals surface area contributed by atoms with E-state index in [2.05, 4.69) is 13.8 Å². The lowest BCUT2D eigenvalue weighted by molar-refractivity contribution is -0.0524. The average Bonchev–Trinajstić information content (AvgIpc) is 2.75. The Labute approximate surface area is 118 Å². The smallest absolute Gasteiger partial charge is 0.0635 e. The highest BCUT2D eigenvalue weighted by molar-refractivity contribution is 4.97. The third kappa shape index (κ3) is 3.00. The minimum Gasteiger partial charge on any atom is -0.378 e. The van der Waals surface area contributed by atoms with Gasteiger partial charge in [0.15, 0.2) is 0 Å². The number of hydrogen-bond donors (Lipinski definition) is 0. The van der Waals surface area contributed by atoms with Crippen LogP contribution in [-0.4, -0.2) is 24.9 Å². The SMILES string of the molecule is CCCCOC1CCC2C(C1)OC1CC(C)CCC12. The fourth-order valence-electron chi connectivity index (χ4n) is 4.53. The molecule has 0 amide bonds. The lowest BCUT2D eigenvalue weighted by Gasteiger charge is -2.34. The summed E-state index contributed by atoms with van der Waals surface area (Å²) in [7, 11) is 0. The molecule has 0 bridgehead atoms. The van der Waals surface area contributed by atoms with Gasteiger partial charge in [0.2, 0.25) is 0 Å². The maximum atomic E-state index is 6.40. The van der Waals surface area contributed by atoms with E-state index in [-0.39, 0.29) is 0 Å². The van der Waals surface area contributed by atoms with E-state index < -0.39 is 0 Å². The van der Waals surface area contributed by atoms with E-state index in [9.17, 15) is 0 Å². The maximum absolute atomic E-state index is 6.40. The van der Waals surface area contributed by atoms with Gasteiger partial charge in [0, 0.05) is 13.0 Å². The fourth-order valence-corrected chi connectivity index (χ4v) is 4.53. The van der Waals surface area contributed by atoms with Gasteiger partial charge in [-0.2, -0.15) is 0 Å². The molecule has 1 saturated heterocycles. The van der Waals surface area contributed by atoms with E-state index in [4.69, 9.17) is 9.47 Å². The predicted octanol–water partition coefficient (Wildman–Crippen LogP) is 4.18. The summed E-state index contributed by atoms with van der Waals surface area (Å²) in [5.41, 5.74) is 0. The molecule has 0 radical (unpaired) electrons. The Balaban J connectivity index is 1.52. The van der Waals surface area contributed by atoms with Gasteiger partial charge in [0.25, 0.3) is 0 Å². The molecule has 6 atom stereocenters. The lowest BCUT2D eigenvalue weighted by Crippen LogP contribution is -2.34. The largest absolute Gasteiger partial charge is 0.378 e. The molecule has 2 saturated carbocycles. The molecule has 3 rings (SSSR count). The first-order chi connectivity index (χ1) is 9.28. The number of hydrogen-bond acceptors (Lipinski definition) is 2. The molecule has 0 N–H and O–H groups in total. The number of ether oxygens (including phenoxy) is 2. The second kappa shape index (κ2) is 6.13. The molecule has 0 aromatic carbocycles. The van der Waals surface area contributed by atoms with Crippen molar-refractivity contribution in [3.63, 3.8) is 0 Å². The number of unbranched alkanes of at least 4 members (excludes halogenated alkanes) is 1. The predicted molar refractivity (Wildman–Crippen MR) is 77.2 cm³/mol. The average molecular weight is 266 g/mol. The van der Waals surface area contributed by atoms with Crippen molar-refractivity contribution in [2.45, 2.75) is 83.5 Å². The first kappa shape index (κ1) is 13.9. The summed E-state index contributed by atoms with van der Waals surface area (Å²) >= 11 is 0. The molecule has 1 heterocycles. The standard InChI is InChI=1S/C17H30O2/c1-3-4-9-18-13-6-8-15-14-7-5-12(2)10-16(14)19-17(15)11-13/h12-17H,3-11H2,1-2H3. The second-order valence-electron chi connectivity index (χ2n) is 7.12. The van der Waals surface area contributed by atoms with E-state index >= 15 is 0 Å². The summed E-state index contributed by atoms with van der Waals surface area (Å²) in [6.45, 7) is 5.56. The van der Waals surface area contributed by atoms with Crippen LogP contribution in [0.25, 0.3) is 0 Å². The van der Waals surface area contributed by atoms with Crippen molar-refractivity contribution in [3.8, 4) is 0 Å². The van der Waals surface area contributed by atoms with Gasteiger partial charge in [-0.1, -0.05) is 26.7 Å². The molecule has 6 unspecified atom stereocenters. The Morgan fingerprint density at radius 3 is 2.53 bits per heavy atom. The molecule has 0 spiro atoms. The number of fused-ring (bicyclic) bond motifs is 3. The van der Waals surface area contributed by atoms with Crippen LogP contribution in [0.2, 0.25) is 0 Å². The van der Waals surface area contributed by atoms with E-state index in [0.717, 1.165) is 30.8 Å². The topological polar surface area (TPSA) is 18.5 Å². The van der Waals surface area contributed by atoms with E-state index in [0.29, 0.717) is 18.3 Å². The highest BCUT2D eigenvalue weighted by atomic mass is 16.5. The molecule has 3 aliphatic rings. The molecule has 0 aromatic rings. The zero-order valence-corrected chi connectivity index (χ0v) is 12.6. The summed E-state index contributed by atoms with van der Waals surface area (Å²) in [6.07, 6.45) is 11.9. The van der Waals surface area contributed by atoms with Gasteiger partial charge >= 0.3 is 0 Å². The minimum absolute atomic E-state index is 0.477. The molecule has 110 valence electrons. The van der Waals surface area contributed by atoms with Crippen LogP contribution in [0.1, 0.15) is 65.2 Å². The number of rotatable bonds is 4. The molecule has 3 fully saturated rings. The van der Waals surface area contributed by atoms with Gasteiger partial charge in [-0.05, 0) is 49.9 Å². The van der Waals surface area contributed by atoms with Gasteiger partial charge in [-0.15, -0.1) is 0 Å². The van der Waals surface area contributed by atoms with Gasteiger partial charge in [-0.25, -0.2) is 0 Å². The van der Waals surface area contributed by atoms with Crippen molar-refractivity contribution >= 4 is 0 Å². The van der Waals surface area contributed by atoms with Crippen LogP contribution in [0.4, 0.5) is 0 Å². The highest BCUT2D eigenvalue weighted by Crippen LogP contribution is 2.48. The third-order valence-electron chi connectivity index (χ3n) is 5.65.